The van der Waals surface area contributed by atoms with Crippen LogP contribution in [0.15, 0.2) is 42.5 Å². The fraction of sp³-hybridized carbons (Fsp3) is 0.435. The molecule has 166 valence electrons. The number of amides is 1. The Hall–Kier alpha value is -2.19. The van der Waals surface area contributed by atoms with E-state index in [-0.39, 0.29) is 12.5 Å². The number of ether oxygens (including phenoxy) is 1. The lowest BCUT2D eigenvalue weighted by atomic mass is 10.0. The van der Waals surface area contributed by atoms with Gasteiger partial charge in [0, 0.05) is 23.7 Å². The number of rotatable bonds is 5. The summed E-state index contributed by atoms with van der Waals surface area (Å²) in [4.78, 5) is 13.2. The Balaban J connectivity index is 1.55. The van der Waals surface area contributed by atoms with Crippen LogP contribution in [0.2, 0.25) is 0 Å². The van der Waals surface area contributed by atoms with Crippen molar-refractivity contribution in [2.75, 3.05) is 27.7 Å². The van der Waals surface area contributed by atoms with E-state index in [0.717, 1.165) is 28.4 Å². The minimum absolute atomic E-state index is 0.243. The molecule has 1 amide bonds. The van der Waals surface area contributed by atoms with Gasteiger partial charge in [-0.25, -0.2) is 8.42 Å². The molecule has 0 aromatic heterocycles. The minimum atomic E-state index is -3.91. The van der Waals surface area contributed by atoms with Crippen LogP contribution in [-0.2, 0) is 14.8 Å². The van der Waals surface area contributed by atoms with Crippen molar-refractivity contribution in [2.45, 2.75) is 44.5 Å². The van der Waals surface area contributed by atoms with E-state index in [1.54, 1.807) is 24.3 Å². The van der Waals surface area contributed by atoms with E-state index in [2.05, 4.69) is 5.32 Å². The van der Waals surface area contributed by atoms with Gasteiger partial charge < -0.3 is 10.1 Å². The molecule has 31 heavy (non-hydrogen) atoms. The molecule has 4 rings (SSSR count). The molecule has 1 atom stereocenters. The van der Waals surface area contributed by atoms with Gasteiger partial charge >= 0.3 is 0 Å². The first-order chi connectivity index (χ1) is 14.7. The van der Waals surface area contributed by atoms with Gasteiger partial charge in [0.1, 0.15) is 11.9 Å². The van der Waals surface area contributed by atoms with Gasteiger partial charge in [0.25, 0.3) is 0 Å². The normalized spacial score (nSPS) is 23.1. The number of thioether (sulfide) groups is 1. The summed E-state index contributed by atoms with van der Waals surface area (Å²) >= 11 is 1.85. The van der Waals surface area contributed by atoms with E-state index >= 15 is 0 Å². The predicted octanol–water partition coefficient (Wildman–Crippen LogP) is 4.13. The van der Waals surface area contributed by atoms with E-state index in [1.165, 1.54) is 11.2 Å². The van der Waals surface area contributed by atoms with Gasteiger partial charge in [0.2, 0.25) is 15.9 Å². The Kier molecular flexibility index (Phi) is 5.96. The van der Waals surface area contributed by atoms with Crippen LogP contribution < -0.4 is 14.4 Å². The van der Waals surface area contributed by atoms with Crippen LogP contribution in [0.1, 0.15) is 30.9 Å². The average Bonchev–Trinajstić information content (AvgIpc) is 2.69. The second-order valence-electron chi connectivity index (χ2n) is 8.41. The van der Waals surface area contributed by atoms with E-state index in [1.807, 2.05) is 43.8 Å². The van der Waals surface area contributed by atoms with Gasteiger partial charge in [-0.3, -0.25) is 9.10 Å². The molecule has 2 aromatic rings. The highest BCUT2D eigenvalue weighted by molar-refractivity contribution is 8.00. The molecular weight excluding hydrogens is 432 g/mol. The van der Waals surface area contributed by atoms with Crippen molar-refractivity contribution in [1.82, 2.24) is 0 Å². The molecule has 0 radical (unpaired) electrons. The molecule has 2 aromatic carbocycles. The smallest absolute Gasteiger partial charge is 0.249 e. The first kappa shape index (κ1) is 22.0. The van der Waals surface area contributed by atoms with Crippen LogP contribution in [0.25, 0.3) is 0 Å². The number of carbonyl (C=O) groups is 1. The number of sulfonamides is 1. The van der Waals surface area contributed by atoms with E-state index < -0.39 is 20.7 Å². The summed E-state index contributed by atoms with van der Waals surface area (Å²) in [6.45, 7) is 5.71. The Bertz CT molecular complexity index is 1060. The zero-order valence-corrected chi connectivity index (χ0v) is 19.7. The van der Waals surface area contributed by atoms with Gasteiger partial charge in [0.05, 0.1) is 5.69 Å². The van der Waals surface area contributed by atoms with Crippen LogP contribution in [0, 0.1) is 13.8 Å². The SMILES string of the molecule is Cc1cccc(C)c1N1CCC[C@](C)(C(=O)Nc2ccc(OC3CSC3)cc2)S1(=O)=O. The molecular formula is C23H28N2O4S2. The number of hydrogen-bond acceptors (Lipinski definition) is 5. The molecule has 0 unspecified atom stereocenters. The van der Waals surface area contributed by atoms with Gasteiger partial charge in [-0.15, -0.1) is 0 Å². The maximum atomic E-state index is 13.6. The van der Waals surface area contributed by atoms with Crippen molar-refractivity contribution >= 4 is 39.1 Å². The Morgan fingerprint density at radius 2 is 1.77 bits per heavy atom. The molecule has 0 saturated carbocycles. The zero-order chi connectivity index (χ0) is 22.2. The van der Waals surface area contributed by atoms with Gasteiger partial charge in [-0.1, -0.05) is 18.2 Å². The van der Waals surface area contributed by atoms with Crippen LogP contribution in [0.3, 0.4) is 0 Å². The molecule has 0 spiro atoms. The summed E-state index contributed by atoms with van der Waals surface area (Å²) in [5.74, 6) is 2.23. The number of benzene rings is 2. The van der Waals surface area contributed by atoms with Gasteiger partial charge in [-0.05, 0) is 69.0 Å². The molecule has 0 bridgehead atoms. The summed E-state index contributed by atoms with van der Waals surface area (Å²) in [6.07, 6.45) is 1.14. The average molecular weight is 461 g/mol. The highest BCUT2D eigenvalue weighted by Gasteiger charge is 2.52. The highest BCUT2D eigenvalue weighted by atomic mass is 32.2. The van der Waals surface area contributed by atoms with Gasteiger partial charge in [-0.2, -0.15) is 11.8 Å². The molecule has 6 nitrogen and oxygen atoms in total. The summed E-state index contributed by atoms with van der Waals surface area (Å²) in [6, 6.07) is 12.8. The molecule has 2 heterocycles. The second kappa shape index (κ2) is 8.39. The van der Waals surface area contributed by atoms with E-state index in [0.29, 0.717) is 24.3 Å². The van der Waals surface area contributed by atoms with Crippen molar-refractivity contribution in [1.29, 1.82) is 0 Å². The third kappa shape index (κ3) is 4.03. The minimum Gasteiger partial charge on any atom is -0.489 e. The van der Waals surface area contributed by atoms with Crippen molar-refractivity contribution in [2.24, 2.45) is 0 Å². The number of para-hydroxylation sites is 1. The third-order valence-electron chi connectivity index (χ3n) is 6.07. The lowest BCUT2D eigenvalue weighted by molar-refractivity contribution is -0.118. The Morgan fingerprint density at radius 1 is 1.13 bits per heavy atom. The van der Waals surface area contributed by atoms with Crippen LogP contribution in [-0.4, -0.2) is 43.2 Å². The van der Waals surface area contributed by atoms with E-state index in [4.69, 9.17) is 4.74 Å². The monoisotopic (exact) mass is 460 g/mol. The van der Waals surface area contributed by atoms with Crippen LogP contribution in [0.4, 0.5) is 11.4 Å². The molecule has 2 fully saturated rings. The first-order valence-electron chi connectivity index (χ1n) is 10.5. The summed E-state index contributed by atoms with van der Waals surface area (Å²) < 4.78 is 33.0. The number of aryl methyl sites for hydroxylation is 2. The maximum Gasteiger partial charge on any atom is 0.249 e. The standard InChI is InChI=1S/C23H28N2O4S2/c1-16-6-4-7-17(2)21(16)25-13-5-12-23(3,31(25,27)28)22(26)24-18-8-10-19(11-9-18)29-20-14-30-15-20/h4,6-11,20H,5,12-15H2,1-3H3,(H,24,26)/t23-/m1/s1. The predicted molar refractivity (Wildman–Crippen MR) is 127 cm³/mol. The first-order valence-corrected chi connectivity index (χ1v) is 13.1. The fourth-order valence-corrected chi connectivity index (χ4v) is 6.70. The van der Waals surface area contributed by atoms with Crippen molar-refractivity contribution in [3.63, 3.8) is 0 Å². The number of nitrogens with one attached hydrogen (secondary N) is 1. The number of anilines is 2. The lowest BCUT2D eigenvalue weighted by Gasteiger charge is -2.40. The summed E-state index contributed by atoms with van der Waals surface area (Å²) in [5, 5.41) is 2.81. The highest BCUT2D eigenvalue weighted by Crippen LogP contribution is 2.39. The van der Waals surface area contributed by atoms with Crippen LogP contribution >= 0.6 is 11.8 Å². The van der Waals surface area contributed by atoms with E-state index in [9.17, 15) is 13.2 Å². The Labute approximate surface area is 188 Å². The van der Waals surface area contributed by atoms with Crippen LogP contribution in [0.5, 0.6) is 5.75 Å². The second-order valence-corrected chi connectivity index (χ2v) is 11.8. The van der Waals surface area contributed by atoms with Crippen molar-refractivity contribution in [3.05, 3.63) is 53.6 Å². The van der Waals surface area contributed by atoms with Crippen molar-refractivity contribution in [3.8, 4) is 5.75 Å². The summed E-state index contributed by atoms with van der Waals surface area (Å²) in [5.41, 5.74) is 3.00. The maximum absolute atomic E-state index is 13.6. The lowest BCUT2D eigenvalue weighted by Crippen LogP contribution is -2.57. The van der Waals surface area contributed by atoms with Crippen molar-refractivity contribution < 1.29 is 17.9 Å². The number of nitrogens with zero attached hydrogens (tertiary/aromatic N) is 1. The number of carbonyl (C=O) groups excluding carboxylic acids is 1. The topological polar surface area (TPSA) is 75.7 Å². The quantitative estimate of drug-likeness (QED) is 0.726. The Morgan fingerprint density at radius 3 is 2.35 bits per heavy atom. The number of hydrogen-bond donors (Lipinski definition) is 1. The third-order valence-corrected chi connectivity index (χ3v) is 9.75. The molecule has 1 N–H and O–H groups in total. The molecule has 0 aliphatic carbocycles. The molecule has 2 aliphatic heterocycles. The fourth-order valence-electron chi connectivity index (χ4n) is 4.07. The molecule has 2 saturated heterocycles. The largest absolute Gasteiger partial charge is 0.489 e. The molecule has 8 heteroatoms. The molecule has 2 aliphatic rings. The summed E-state index contributed by atoms with van der Waals surface area (Å²) in [7, 11) is -3.91. The van der Waals surface area contributed by atoms with Gasteiger partial charge in [0.15, 0.2) is 4.75 Å². The zero-order valence-electron chi connectivity index (χ0n) is 18.1.